The molecule has 1 aromatic heterocycles. The third-order valence-electron chi connectivity index (χ3n) is 2.75. The van der Waals surface area contributed by atoms with E-state index in [1.54, 1.807) is 0 Å². The van der Waals surface area contributed by atoms with Crippen molar-refractivity contribution < 1.29 is 0 Å². The minimum Gasteiger partial charge on any atom is -0.308 e. The van der Waals surface area contributed by atoms with Gasteiger partial charge in [-0.25, -0.2) is 0 Å². The van der Waals surface area contributed by atoms with Gasteiger partial charge in [-0.3, -0.25) is 4.68 Å². The van der Waals surface area contributed by atoms with Crippen LogP contribution in [0.1, 0.15) is 39.8 Å². The van der Waals surface area contributed by atoms with Gasteiger partial charge in [0.2, 0.25) is 0 Å². The molecule has 15 heavy (non-hydrogen) atoms. The number of aromatic nitrogens is 2. The maximum Gasteiger partial charge on any atom is 0.0762 e. The van der Waals surface area contributed by atoms with Gasteiger partial charge in [-0.05, 0) is 17.9 Å². The summed E-state index contributed by atoms with van der Waals surface area (Å²) in [6.45, 7) is 9.89. The maximum atomic E-state index is 4.35. The highest BCUT2D eigenvalue weighted by molar-refractivity contribution is 4.98. The van der Waals surface area contributed by atoms with Gasteiger partial charge in [-0.2, -0.15) is 5.10 Å². The highest BCUT2D eigenvalue weighted by Crippen LogP contribution is 2.21. The van der Waals surface area contributed by atoms with Crippen LogP contribution in [-0.4, -0.2) is 15.8 Å². The Morgan fingerprint density at radius 1 is 1.47 bits per heavy atom. The Bertz CT molecular complexity index is 296. The van der Waals surface area contributed by atoms with Gasteiger partial charge in [0.25, 0.3) is 0 Å². The monoisotopic (exact) mass is 209 g/mol. The van der Waals surface area contributed by atoms with Crippen molar-refractivity contribution in [1.29, 1.82) is 0 Å². The van der Waals surface area contributed by atoms with Crippen LogP contribution in [0.15, 0.2) is 12.3 Å². The Kier molecular flexibility index (Phi) is 3.91. The fourth-order valence-electron chi connectivity index (χ4n) is 1.85. The lowest BCUT2D eigenvalue weighted by Crippen LogP contribution is -2.39. The van der Waals surface area contributed by atoms with Crippen molar-refractivity contribution in [2.45, 2.75) is 46.7 Å². The molecule has 1 rings (SSSR count). The third kappa shape index (κ3) is 3.67. The average molecular weight is 209 g/mol. The van der Waals surface area contributed by atoms with Crippen LogP contribution in [0.25, 0.3) is 0 Å². The maximum absolute atomic E-state index is 4.35. The van der Waals surface area contributed by atoms with Crippen molar-refractivity contribution in [2.75, 3.05) is 0 Å². The summed E-state index contributed by atoms with van der Waals surface area (Å²) in [5.74, 6) is 0. The number of nitrogens with zero attached hydrogens (tertiary/aromatic N) is 2. The van der Waals surface area contributed by atoms with Crippen LogP contribution in [-0.2, 0) is 13.6 Å². The van der Waals surface area contributed by atoms with Gasteiger partial charge in [0.15, 0.2) is 0 Å². The highest BCUT2D eigenvalue weighted by Gasteiger charge is 2.22. The molecule has 3 nitrogen and oxygen atoms in total. The Hall–Kier alpha value is -0.830. The molecule has 0 aliphatic carbocycles. The van der Waals surface area contributed by atoms with Crippen molar-refractivity contribution in [2.24, 2.45) is 12.5 Å². The first-order chi connectivity index (χ1) is 6.93. The minimum atomic E-state index is 0.309. The lowest BCUT2D eigenvalue weighted by Gasteiger charge is -2.30. The first-order valence-corrected chi connectivity index (χ1v) is 5.65. The van der Waals surface area contributed by atoms with Gasteiger partial charge in [-0.1, -0.05) is 27.7 Å². The summed E-state index contributed by atoms with van der Waals surface area (Å²) in [7, 11) is 1.95. The van der Waals surface area contributed by atoms with Gasteiger partial charge in [0.1, 0.15) is 0 Å². The molecular weight excluding hydrogens is 186 g/mol. The molecule has 1 N–H and O–H groups in total. The van der Waals surface area contributed by atoms with Gasteiger partial charge in [0.05, 0.1) is 5.69 Å². The van der Waals surface area contributed by atoms with Crippen molar-refractivity contribution >= 4 is 0 Å². The summed E-state index contributed by atoms with van der Waals surface area (Å²) in [5.41, 5.74) is 1.42. The lowest BCUT2D eigenvalue weighted by atomic mass is 9.85. The zero-order chi connectivity index (χ0) is 11.5. The Balaban J connectivity index is 2.48. The van der Waals surface area contributed by atoms with Crippen LogP contribution in [0.5, 0.6) is 0 Å². The van der Waals surface area contributed by atoms with Crippen molar-refractivity contribution in [3.05, 3.63) is 18.0 Å². The number of nitrogens with one attached hydrogen (secondary N) is 1. The van der Waals surface area contributed by atoms with Crippen LogP contribution >= 0.6 is 0 Å². The van der Waals surface area contributed by atoms with Gasteiger partial charge >= 0.3 is 0 Å². The predicted molar refractivity (Wildman–Crippen MR) is 63.6 cm³/mol. The Morgan fingerprint density at radius 2 is 2.13 bits per heavy atom. The SMILES string of the molecule is CCC(NCc1ccn(C)n1)C(C)(C)C. The number of rotatable bonds is 4. The summed E-state index contributed by atoms with van der Waals surface area (Å²) >= 11 is 0. The van der Waals surface area contributed by atoms with Crippen LogP contribution < -0.4 is 5.32 Å². The molecule has 0 saturated carbocycles. The predicted octanol–water partition coefficient (Wildman–Crippen LogP) is 2.33. The largest absolute Gasteiger partial charge is 0.308 e. The number of aryl methyl sites for hydroxylation is 1. The summed E-state index contributed by atoms with van der Waals surface area (Å²) in [5, 5.41) is 7.92. The molecule has 1 atom stereocenters. The fourth-order valence-corrected chi connectivity index (χ4v) is 1.85. The van der Waals surface area contributed by atoms with E-state index in [0.717, 1.165) is 18.7 Å². The smallest absolute Gasteiger partial charge is 0.0762 e. The molecule has 0 spiro atoms. The number of hydrogen-bond donors (Lipinski definition) is 1. The standard InChI is InChI=1S/C12H23N3/c1-6-11(12(2,3)4)13-9-10-7-8-15(5)14-10/h7-8,11,13H,6,9H2,1-5H3. The molecule has 0 aromatic carbocycles. The molecule has 1 heterocycles. The fraction of sp³-hybridized carbons (Fsp3) is 0.750. The molecule has 86 valence electrons. The molecule has 1 unspecified atom stereocenters. The van der Waals surface area contributed by atoms with Crippen molar-refractivity contribution in [3.63, 3.8) is 0 Å². The first kappa shape index (κ1) is 12.2. The molecule has 0 bridgehead atoms. The third-order valence-corrected chi connectivity index (χ3v) is 2.75. The van der Waals surface area contributed by atoms with Crippen molar-refractivity contribution in [3.8, 4) is 0 Å². The van der Waals surface area contributed by atoms with Gasteiger partial charge < -0.3 is 5.32 Å². The average Bonchev–Trinajstić information content (AvgIpc) is 2.50. The van der Waals surface area contributed by atoms with E-state index in [4.69, 9.17) is 0 Å². The van der Waals surface area contributed by atoms with E-state index in [-0.39, 0.29) is 0 Å². The zero-order valence-corrected chi connectivity index (χ0v) is 10.5. The number of hydrogen-bond acceptors (Lipinski definition) is 2. The van der Waals surface area contributed by atoms with Crippen LogP contribution in [0.3, 0.4) is 0 Å². The quantitative estimate of drug-likeness (QED) is 0.825. The van der Waals surface area contributed by atoms with E-state index in [1.807, 2.05) is 17.9 Å². The summed E-state index contributed by atoms with van der Waals surface area (Å²) < 4.78 is 1.84. The molecule has 1 aromatic rings. The van der Waals surface area contributed by atoms with E-state index in [2.05, 4.69) is 44.2 Å². The normalized spacial score (nSPS) is 14.2. The second-order valence-corrected chi connectivity index (χ2v) is 5.19. The van der Waals surface area contributed by atoms with E-state index in [9.17, 15) is 0 Å². The molecule has 0 radical (unpaired) electrons. The van der Waals surface area contributed by atoms with Crippen LogP contribution in [0.2, 0.25) is 0 Å². The van der Waals surface area contributed by atoms with Crippen LogP contribution in [0, 0.1) is 5.41 Å². The highest BCUT2D eigenvalue weighted by atomic mass is 15.3. The lowest BCUT2D eigenvalue weighted by molar-refractivity contribution is 0.259. The van der Waals surface area contributed by atoms with E-state index in [1.165, 1.54) is 0 Å². The van der Waals surface area contributed by atoms with E-state index < -0.39 is 0 Å². The molecule has 0 saturated heterocycles. The Labute approximate surface area is 92.9 Å². The molecule has 0 aliphatic heterocycles. The second kappa shape index (κ2) is 4.79. The van der Waals surface area contributed by atoms with E-state index >= 15 is 0 Å². The zero-order valence-electron chi connectivity index (χ0n) is 10.5. The molecule has 3 heteroatoms. The first-order valence-electron chi connectivity index (χ1n) is 5.65. The van der Waals surface area contributed by atoms with Crippen molar-refractivity contribution in [1.82, 2.24) is 15.1 Å². The van der Waals surface area contributed by atoms with Gasteiger partial charge in [-0.15, -0.1) is 0 Å². The summed E-state index contributed by atoms with van der Waals surface area (Å²) in [4.78, 5) is 0. The topological polar surface area (TPSA) is 29.9 Å². The molecule has 0 amide bonds. The Morgan fingerprint density at radius 3 is 2.53 bits per heavy atom. The molecular formula is C12H23N3. The second-order valence-electron chi connectivity index (χ2n) is 5.19. The van der Waals surface area contributed by atoms with E-state index in [0.29, 0.717) is 11.5 Å². The summed E-state index contributed by atoms with van der Waals surface area (Å²) in [6.07, 6.45) is 3.13. The molecule has 0 fully saturated rings. The summed E-state index contributed by atoms with van der Waals surface area (Å²) in [6, 6.07) is 2.60. The van der Waals surface area contributed by atoms with Gasteiger partial charge in [0, 0.05) is 25.8 Å². The minimum absolute atomic E-state index is 0.309. The molecule has 0 aliphatic rings. The van der Waals surface area contributed by atoms with Crippen LogP contribution in [0.4, 0.5) is 0 Å².